The van der Waals surface area contributed by atoms with Crippen molar-refractivity contribution < 1.29 is 18.7 Å². The number of anilines is 1. The Morgan fingerprint density at radius 2 is 1.68 bits per heavy atom. The molecule has 1 aromatic heterocycles. The summed E-state index contributed by atoms with van der Waals surface area (Å²) in [7, 11) is 1.60. The number of nitrogens with one attached hydrogen (secondary N) is 1. The summed E-state index contributed by atoms with van der Waals surface area (Å²) in [5, 5.41) is 7.55. The van der Waals surface area contributed by atoms with Gasteiger partial charge in [0.1, 0.15) is 11.6 Å². The van der Waals surface area contributed by atoms with E-state index in [2.05, 4.69) is 10.4 Å². The van der Waals surface area contributed by atoms with Gasteiger partial charge in [-0.15, -0.1) is 11.8 Å². The van der Waals surface area contributed by atoms with Crippen molar-refractivity contribution >= 4 is 29.4 Å². The SMILES string of the molecule is COCCCN(CC(=O)Nc1cc(-c2ccccc2)nn1-c1ccc(F)cc1)C(=O)CSc1ccccc1. The first kappa shape index (κ1) is 27.1. The molecule has 0 fully saturated rings. The molecule has 4 aromatic rings. The highest BCUT2D eigenvalue weighted by atomic mass is 32.2. The zero-order valence-corrected chi connectivity index (χ0v) is 21.9. The molecule has 0 spiro atoms. The summed E-state index contributed by atoms with van der Waals surface area (Å²) in [4.78, 5) is 28.7. The maximum absolute atomic E-state index is 13.6. The van der Waals surface area contributed by atoms with Crippen LogP contribution in [-0.2, 0) is 14.3 Å². The van der Waals surface area contributed by atoms with Crippen molar-refractivity contribution in [1.82, 2.24) is 14.7 Å². The maximum atomic E-state index is 13.6. The van der Waals surface area contributed by atoms with Crippen molar-refractivity contribution in [2.24, 2.45) is 0 Å². The molecule has 0 aliphatic heterocycles. The second-order valence-corrected chi connectivity index (χ2v) is 9.53. The third-order valence-corrected chi connectivity index (χ3v) is 6.68. The lowest BCUT2D eigenvalue weighted by Gasteiger charge is -2.22. The second-order valence-electron chi connectivity index (χ2n) is 8.48. The molecule has 0 bridgehead atoms. The lowest BCUT2D eigenvalue weighted by atomic mass is 10.1. The molecule has 0 saturated heterocycles. The number of halogens is 1. The highest BCUT2D eigenvalue weighted by molar-refractivity contribution is 8.00. The van der Waals surface area contributed by atoms with Gasteiger partial charge in [0.25, 0.3) is 0 Å². The monoisotopic (exact) mass is 532 g/mol. The number of amides is 2. The Morgan fingerprint density at radius 1 is 1.00 bits per heavy atom. The molecule has 1 N–H and O–H groups in total. The predicted molar refractivity (Wildman–Crippen MR) is 148 cm³/mol. The lowest BCUT2D eigenvalue weighted by molar-refractivity contribution is -0.132. The number of hydrogen-bond donors (Lipinski definition) is 1. The van der Waals surface area contributed by atoms with Crippen LogP contribution in [0.25, 0.3) is 16.9 Å². The number of benzene rings is 3. The van der Waals surface area contributed by atoms with Gasteiger partial charge >= 0.3 is 0 Å². The van der Waals surface area contributed by atoms with Gasteiger partial charge in [0.2, 0.25) is 11.8 Å². The minimum atomic E-state index is -0.367. The number of aromatic nitrogens is 2. The highest BCUT2D eigenvalue weighted by Gasteiger charge is 2.20. The van der Waals surface area contributed by atoms with Crippen molar-refractivity contribution in [3.8, 4) is 16.9 Å². The van der Waals surface area contributed by atoms with Crippen LogP contribution >= 0.6 is 11.8 Å². The molecule has 9 heteroatoms. The van der Waals surface area contributed by atoms with E-state index in [0.717, 1.165) is 10.5 Å². The lowest BCUT2D eigenvalue weighted by Crippen LogP contribution is -2.40. The van der Waals surface area contributed by atoms with Gasteiger partial charge in [-0.2, -0.15) is 5.10 Å². The summed E-state index contributed by atoms with van der Waals surface area (Å²) in [6.07, 6.45) is 0.608. The van der Waals surface area contributed by atoms with Crippen LogP contribution in [0.4, 0.5) is 10.2 Å². The van der Waals surface area contributed by atoms with Gasteiger partial charge in [-0.1, -0.05) is 48.5 Å². The third kappa shape index (κ3) is 7.53. The Labute approximate surface area is 225 Å². The quantitative estimate of drug-likeness (QED) is 0.199. The molecule has 4 rings (SSSR count). The number of nitrogens with zero attached hydrogens (tertiary/aromatic N) is 3. The normalized spacial score (nSPS) is 10.8. The van der Waals surface area contributed by atoms with Crippen LogP contribution in [0.3, 0.4) is 0 Å². The summed E-state index contributed by atoms with van der Waals surface area (Å²) in [5.74, 6) is -0.224. The van der Waals surface area contributed by atoms with Gasteiger partial charge in [-0.25, -0.2) is 9.07 Å². The van der Waals surface area contributed by atoms with Crippen LogP contribution in [-0.4, -0.2) is 59.1 Å². The Morgan fingerprint density at radius 3 is 2.37 bits per heavy atom. The molecule has 2 amide bonds. The molecule has 3 aromatic carbocycles. The van der Waals surface area contributed by atoms with E-state index in [1.165, 1.54) is 23.9 Å². The van der Waals surface area contributed by atoms with Gasteiger partial charge in [-0.3, -0.25) is 9.59 Å². The van der Waals surface area contributed by atoms with Crippen LogP contribution in [0.5, 0.6) is 0 Å². The van der Waals surface area contributed by atoms with E-state index < -0.39 is 0 Å². The van der Waals surface area contributed by atoms with E-state index in [9.17, 15) is 14.0 Å². The molecule has 1 heterocycles. The average Bonchev–Trinajstić information content (AvgIpc) is 3.36. The summed E-state index contributed by atoms with van der Waals surface area (Å²) < 4.78 is 20.2. The maximum Gasteiger partial charge on any atom is 0.245 e. The standard InChI is InChI=1S/C29H29FN4O3S/c1-37-18-8-17-33(29(36)21-38-25-11-6-3-7-12-25)20-28(35)31-27-19-26(22-9-4-2-5-10-22)32-34(27)24-15-13-23(30)14-16-24/h2-7,9-16,19H,8,17-18,20-21H2,1H3,(H,31,35). The van der Waals surface area contributed by atoms with Crippen LogP contribution < -0.4 is 5.32 Å². The number of rotatable bonds is 12. The largest absolute Gasteiger partial charge is 0.385 e. The van der Waals surface area contributed by atoms with Crippen LogP contribution in [0.2, 0.25) is 0 Å². The number of carbonyl (C=O) groups is 2. The second kappa shape index (κ2) is 13.6. The van der Waals surface area contributed by atoms with Crippen molar-refractivity contribution in [3.63, 3.8) is 0 Å². The molecule has 0 unspecified atom stereocenters. The minimum Gasteiger partial charge on any atom is -0.385 e. The Kier molecular flexibility index (Phi) is 9.66. The van der Waals surface area contributed by atoms with Gasteiger partial charge < -0.3 is 15.0 Å². The first-order valence-corrected chi connectivity index (χ1v) is 13.2. The molecule has 38 heavy (non-hydrogen) atoms. The first-order chi connectivity index (χ1) is 18.5. The summed E-state index contributed by atoms with van der Waals surface area (Å²) >= 11 is 1.43. The molecule has 7 nitrogen and oxygen atoms in total. The fourth-order valence-corrected chi connectivity index (χ4v) is 4.62. The third-order valence-electron chi connectivity index (χ3n) is 5.69. The smallest absolute Gasteiger partial charge is 0.245 e. The van der Waals surface area contributed by atoms with E-state index >= 15 is 0 Å². The highest BCUT2D eigenvalue weighted by Crippen LogP contribution is 2.25. The van der Waals surface area contributed by atoms with Crippen LogP contribution in [0, 0.1) is 5.82 Å². The molecule has 0 saturated carbocycles. The van der Waals surface area contributed by atoms with Crippen LogP contribution in [0.1, 0.15) is 6.42 Å². The molecule has 0 radical (unpaired) electrons. The van der Waals surface area contributed by atoms with E-state index in [1.54, 1.807) is 34.9 Å². The van der Waals surface area contributed by atoms with E-state index in [-0.39, 0.29) is 29.9 Å². The van der Waals surface area contributed by atoms with Crippen molar-refractivity contribution in [1.29, 1.82) is 0 Å². The van der Waals surface area contributed by atoms with E-state index in [1.807, 2.05) is 60.7 Å². The van der Waals surface area contributed by atoms with Gasteiger partial charge in [0.15, 0.2) is 0 Å². The summed E-state index contributed by atoms with van der Waals surface area (Å²) in [6, 6.07) is 26.8. The topological polar surface area (TPSA) is 76.5 Å². The van der Waals surface area contributed by atoms with E-state index in [0.29, 0.717) is 36.8 Å². The number of hydrogen-bond acceptors (Lipinski definition) is 5. The van der Waals surface area contributed by atoms with Gasteiger partial charge in [-0.05, 0) is 42.8 Å². The predicted octanol–water partition coefficient (Wildman–Crippen LogP) is 5.27. The minimum absolute atomic E-state index is 0.118. The van der Waals surface area contributed by atoms with E-state index in [4.69, 9.17) is 4.74 Å². The first-order valence-electron chi connectivity index (χ1n) is 12.2. The molecular formula is C29H29FN4O3S. The van der Waals surface area contributed by atoms with Crippen molar-refractivity contribution in [3.05, 3.63) is 96.8 Å². The Hall–Kier alpha value is -3.95. The zero-order chi connectivity index (χ0) is 26.7. The molecule has 0 aliphatic carbocycles. The summed E-state index contributed by atoms with van der Waals surface area (Å²) in [5.41, 5.74) is 2.12. The molecule has 0 aliphatic rings. The average molecular weight is 533 g/mol. The summed E-state index contributed by atoms with van der Waals surface area (Å²) in [6.45, 7) is 0.754. The zero-order valence-electron chi connectivity index (χ0n) is 21.0. The molecule has 196 valence electrons. The fraction of sp³-hybridized carbons (Fsp3) is 0.207. The number of thioether (sulfide) groups is 1. The number of carbonyl (C=O) groups excluding carboxylic acids is 2. The number of ether oxygens (including phenoxy) is 1. The van der Waals surface area contributed by atoms with Gasteiger partial charge in [0, 0.05) is 36.8 Å². The molecule has 0 atom stereocenters. The van der Waals surface area contributed by atoms with Gasteiger partial charge in [0.05, 0.1) is 23.7 Å². The fourth-order valence-electron chi connectivity index (χ4n) is 3.80. The Bertz CT molecular complexity index is 1330. The number of methoxy groups -OCH3 is 1. The van der Waals surface area contributed by atoms with Crippen LogP contribution in [0.15, 0.2) is 95.9 Å². The molecular weight excluding hydrogens is 503 g/mol. The van der Waals surface area contributed by atoms with Crippen molar-refractivity contribution in [2.45, 2.75) is 11.3 Å². The Balaban J connectivity index is 1.51. The van der Waals surface area contributed by atoms with Crippen molar-refractivity contribution in [2.75, 3.05) is 37.9 Å².